The highest BCUT2D eigenvalue weighted by molar-refractivity contribution is 5.76. The zero-order chi connectivity index (χ0) is 16.5. The smallest absolute Gasteiger partial charge is 0.222 e. The third kappa shape index (κ3) is 5.98. The van der Waals surface area contributed by atoms with Crippen LogP contribution in [0.25, 0.3) is 0 Å². The molecule has 1 aromatic carbocycles. The fourth-order valence-corrected chi connectivity index (χ4v) is 3.46. The molecule has 0 aromatic heterocycles. The van der Waals surface area contributed by atoms with E-state index in [1.165, 1.54) is 24.9 Å². The molecule has 2 rings (SSSR count). The predicted octanol–water partition coefficient (Wildman–Crippen LogP) is 3.59. The monoisotopic (exact) mass is 316 g/mol. The molecule has 1 aromatic rings. The summed E-state index contributed by atoms with van der Waals surface area (Å²) in [6.45, 7) is 9.84. The molecule has 0 spiro atoms. The van der Waals surface area contributed by atoms with E-state index in [-0.39, 0.29) is 0 Å². The predicted molar refractivity (Wildman–Crippen MR) is 96.5 cm³/mol. The van der Waals surface area contributed by atoms with Crippen LogP contribution >= 0.6 is 0 Å². The molecule has 0 unspecified atom stereocenters. The van der Waals surface area contributed by atoms with Gasteiger partial charge < -0.3 is 9.80 Å². The Balaban J connectivity index is 1.65. The minimum atomic E-state index is 0.349. The molecule has 1 aliphatic heterocycles. The minimum Gasteiger partial charge on any atom is -0.343 e. The van der Waals surface area contributed by atoms with Crippen LogP contribution in [0.15, 0.2) is 30.3 Å². The van der Waals surface area contributed by atoms with Crippen LogP contribution in [0.5, 0.6) is 0 Å². The second-order valence-electron chi connectivity index (χ2n) is 6.65. The fraction of sp³-hybridized carbons (Fsp3) is 0.650. The highest BCUT2D eigenvalue weighted by atomic mass is 16.2. The van der Waals surface area contributed by atoms with Gasteiger partial charge in [0.2, 0.25) is 5.91 Å². The van der Waals surface area contributed by atoms with Gasteiger partial charge in [0, 0.05) is 26.1 Å². The zero-order valence-electron chi connectivity index (χ0n) is 14.8. The zero-order valence-corrected chi connectivity index (χ0v) is 14.8. The van der Waals surface area contributed by atoms with Crippen molar-refractivity contribution in [3.8, 4) is 0 Å². The molecule has 0 radical (unpaired) electrons. The lowest BCUT2D eigenvalue weighted by atomic mass is 9.95. The van der Waals surface area contributed by atoms with Crippen LogP contribution in [0.2, 0.25) is 0 Å². The summed E-state index contributed by atoms with van der Waals surface area (Å²) in [6.07, 6.45) is 4.99. The lowest BCUT2D eigenvalue weighted by Gasteiger charge is -2.34. The summed E-state index contributed by atoms with van der Waals surface area (Å²) < 4.78 is 0. The van der Waals surface area contributed by atoms with Gasteiger partial charge in [-0.1, -0.05) is 44.2 Å². The van der Waals surface area contributed by atoms with E-state index in [1.807, 2.05) is 6.07 Å². The quantitative estimate of drug-likeness (QED) is 0.732. The van der Waals surface area contributed by atoms with Gasteiger partial charge in [0.05, 0.1) is 0 Å². The van der Waals surface area contributed by atoms with Gasteiger partial charge in [-0.25, -0.2) is 0 Å². The molecule has 0 N–H and O–H groups in total. The summed E-state index contributed by atoms with van der Waals surface area (Å²) in [6, 6.07) is 10.5. The molecule has 1 fully saturated rings. The third-order valence-corrected chi connectivity index (χ3v) is 5.08. The van der Waals surface area contributed by atoms with E-state index in [0.717, 1.165) is 44.9 Å². The number of benzene rings is 1. The van der Waals surface area contributed by atoms with Gasteiger partial charge in [-0.15, -0.1) is 0 Å². The maximum absolute atomic E-state index is 12.3. The summed E-state index contributed by atoms with van der Waals surface area (Å²) in [5, 5.41) is 0. The Kier molecular flexibility index (Phi) is 7.60. The highest BCUT2D eigenvalue weighted by Gasteiger charge is 2.23. The Morgan fingerprint density at radius 1 is 1.13 bits per heavy atom. The number of aryl methyl sites for hydroxylation is 1. The number of rotatable bonds is 8. The Bertz CT molecular complexity index is 448. The summed E-state index contributed by atoms with van der Waals surface area (Å²) in [5.41, 5.74) is 1.33. The SMILES string of the molecule is CCN(CC)CC1CCN(C(=O)CCCc2ccccc2)CC1. The van der Waals surface area contributed by atoms with Crippen LogP contribution in [0, 0.1) is 5.92 Å². The molecule has 23 heavy (non-hydrogen) atoms. The van der Waals surface area contributed by atoms with Crippen molar-refractivity contribution in [1.82, 2.24) is 9.80 Å². The number of amides is 1. The molecule has 3 heteroatoms. The van der Waals surface area contributed by atoms with Crippen LogP contribution < -0.4 is 0 Å². The number of carbonyl (C=O) groups is 1. The lowest BCUT2D eigenvalue weighted by Crippen LogP contribution is -2.41. The maximum atomic E-state index is 12.3. The van der Waals surface area contributed by atoms with E-state index < -0.39 is 0 Å². The summed E-state index contributed by atoms with van der Waals surface area (Å²) in [5.74, 6) is 1.12. The van der Waals surface area contributed by atoms with Crippen LogP contribution in [0.4, 0.5) is 0 Å². The van der Waals surface area contributed by atoms with Crippen molar-refractivity contribution in [3.63, 3.8) is 0 Å². The van der Waals surface area contributed by atoms with Crippen molar-refractivity contribution >= 4 is 5.91 Å². The maximum Gasteiger partial charge on any atom is 0.222 e. The summed E-state index contributed by atoms with van der Waals surface area (Å²) in [4.78, 5) is 16.9. The second-order valence-corrected chi connectivity index (χ2v) is 6.65. The first-order valence-electron chi connectivity index (χ1n) is 9.27. The molecule has 0 saturated carbocycles. The van der Waals surface area contributed by atoms with Crippen molar-refractivity contribution in [3.05, 3.63) is 35.9 Å². The van der Waals surface area contributed by atoms with Gasteiger partial charge in [0.1, 0.15) is 0 Å². The number of hydrogen-bond donors (Lipinski definition) is 0. The Hall–Kier alpha value is -1.35. The first-order chi connectivity index (χ1) is 11.2. The Labute approximate surface area is 141 Å². The molecule has 1 heterocycles. The Morgan fingerprint density at radius 3 is 2.39 bits per heavy atom. The van der Waals surface area contributed by atoms with Crippen molar-refractivity contribution in [2.75, 3.05) is 32.7 Å². The first-order valence-corrected chi connectivity index (χ1v) is 9.27. The number of carbonyl (C=O) groups excluding carboxylic acids is 1. The van der Waals surface area contributed by atoms with Crippen LogP contribution in [-0.4, -0.2) is 48.4 Å². The third-order valence-electron chi connectivity index (χ3n) is 5.08. The molecule has 128 valence electrons. The van der Waals surface area contributed by atoms with E-state index in [1.54, 1.807) is 0 Å². The molecular formula is C20H32N2O. The number of piperidine rings is 1. The van der Waals surface area contributed by atoms with Gasteiger partial charge in [-0.05, 0) is 50.3 Å². The van der Waals surface area contributed by atoms with Gasteiger partial charge in [-0.2, -0.15) is 0 Å². The molecule has 1 saturated heterocycles. The molecule has 0 aliphatic carbocycles. The molecule has 0 atom stereocenters. The fourth-order valence-electron chi connectivity index (χ4n) is 3.46. The van der Waals surface area contributed by atoms with Crippen LogP contribution in [-0.2, 0) is 11.2 Å². The topological polar surface area (TPSA) is 23.6 Å². The van der Waals surface area contributed by atoms with Gasteiger partial charge in [0.15, 0.2) is 0 Å². The van der Waals surface area contributed by atoms with Crippen molar-refractivity contribution in [2.45, 2.75) is 46.0 Å². The van der Waals surface area contributed by atoms with Crippen molar-refractivity contribution in [1.29, 1.82) is 0 Å². The molecule has 0 bridgehead atoms. The van der Waals surface area contributed by atoms with Crippen molar-refractivity contribution < 1.29 is 4.79 Å². The number of hydrogen-bond acceptors (Lipinski definition) is 2. The minimum absolute atomic E-state index is 0.349. The highest BCUT2D eigenvalue weighted by Crippen LogP contribution is 2.19. The van der Waals surface area contributed by atoms with Crippen LogP contribution in [0.3, 0.4) is 0 Å². The number of likely N-dealkylation sites (tertiary alicyclic amines) is 1. The van der Waals surface area contributed by atoms with Crippen molar-refractivity contribution in [2.24, 2.45) is 5.92 Å². The average Bonchev–Trinajstić information content (AvgIpc) is 2.61. The van der Waals surface area contributed by atoms with E-state index >= 15 is 0 Å². The van der Waals surface area contributed by atoms with Gasteiger partial charge in [0.25, 0.3) is 0 Å². The molecular weight excluding hydrogens is 284 g/mol. The first kappa shape index (κ1) is 18.0. The van der Waals surface area contributed by atoms with E-state index in [4.69, 9.17) is 0 Å². The van der Waals surface area contributed by atoms with E-state index in [0.29, 0.717) is 12.3 Å². The number of nitrogens with zero attached hydrogens (tertiary/aromatic N) is 2. The van der Waals surface area contributed by atoms with Gasteiger partial charge >= 0.3 is 0 Å². The summed E-state index contributed by atoms with van der Waals surface area (Å²) >= 11 is 0. The van der Waals surface area contributed by atoms with Gasteiger partial charge in [-0.3, -0.25) is 4.79 Å². The molecule has 1 aliphatic rings. The second kappa shape index (κ2) is 9.71. The molecule has 3 nitrogen and oxygen atoms in total. The average molecular weight is 316 g/mol. The normalized spacial score (nSPS) is 16.0. The Morgan fingerprint density at radius 2 is 1.78 bits per heavy atom. The largest absolute Gasteiger partial charge is 0.343 e. The molecule has 1 amide bonds. The standard InChI is InChI=1S/C20H32N2O/c1-3-21(4-2)17-19-13-15-22(16-14-19)20(23)12-8-11-18-9-6-5-7-10-18/h5-7,9-10,19H,3-4,8,11-17H2,1-2H3. The van der Waals surface area contributed by atoms with E-state index in [2.05, 4.69) is 47.9 Å². The lowest BCUT2D eigenvalue weighted by molar-refractivity contribution is -0.132. The summed E-state index contributed by atoms with van der Waals surface area (Å²) in [7, 11) is 0. The van der Waals surface area contributed by atoms with E-state index in [9.17, 15) is 4.79 Å². The van der Waals surface area contributed by atoms with Crippen LogP contribution in [0.1, 0.15) is 45.1 Å².